The number of pyridine rings is 1. The van der Waals surface area contributed by atoms with Crippen molar-refractivity contribution < 1.29 is 4.79 Å². The van der Waals surface area contributed by atoms with E-state index in [4.69, 9.17) is 28.2 Å². The summed E-state index contributed by atoms with van der Waals surface area (Å²) in [6.45, 7) is 2.69. The number of halogens is 2. The van der Waals surface area contributed by atoms with E-state index in [1.54, 1.807) is 17.0 Å². The van der Waals surface area contributed by atoms with Gasteiger partial charge in [0, 0.05) is 51.9 Å². The monoisotopic (exact) mass is 478 g/mol. The third kappa shape index (κ3) is 4.23. The van der Waals surface area contributed by atoms with Crippen LogP contribution < -0.4 is 0 Å². The molecular formula is C26H24Cl2N4O. The second kappa shape index (κ2) is 8.81. The van der Waals surface area contributed by atoms with Crippen LogP contribution >= 0.6 is 23.2 Å². The van der Waals surface area contributed by atoms with E-state index in [-0.39, 0.29) is 5.91 Å². The van der Waals surface area contributed by atoms with Gasteiger partial charge in [0.2, 0.25) is 0 Å². The third-order valence-electron chi connectivity index (χ3n) is 6.31. The van der Waals surface area contributed by atoms with Crippen molar-refractivity contribution in [2.75, 3.05) is 7.05 Å². The zero-order valence-corrected chi connectivity index (χ0v) is 20.1. The number of hydrogen-bond acceptors (Lipinski definition) is 3. The van der Waals surface area contributed by atoms with Gasteiger partial charge in [-0.15, -0.1) is 0 Å². The first-order valence-corrected chi connectivity index (χ1v) is 11.8. The van der Waals surface area contributed by atoms with Crippen LogP contribution in [0.25, 0.3) is 22.2 Å². The highest BCUT2D eigenvalue weighted by Crippen LogP contribution is 2.30. The Kier molecular flexibility index (Phi) is 5.85. The molecule has 5 rings (SSSR count). The minimum absolute atomic E-state index is 0.0863. The van der Waals surface area contributed by atoms with Crippen LogP contribution in [-0.2, 0) is 13.0 Å². The van der Waals surface area contributed by atoms with Gasteiger partial charge in [-0.2, -0.15) is 5.10 Å². The summed E-state index contributed by atoms with van der Waals surface area (Å²) in [7, 11) is 1.83. The third-order valence-corrected chi connectivity index (χ3v) is 6.78. The van der Waals surface area contributed by atoms with E-state index in [2.05, 4.69) is 16.7 Å². The van der Waals surface area contributed by atoms with Crippen LogP contribution in [0.5, 0.6) is 0 Å². The largest absolute Gasteiger partial charge is 0.337 e. The molecule has 1 amide bonds. The Morgan fingerprint density at radius 1 is 1.15 bits per heavy atom. The molecule has 1 unspecified atom stereocenters. The second-order valence-electron chi connectivity index (χ2n) is 8.69. The van der Waals surface area contributed by atoms with Crippen LogP contribution in [0.4, 0.5) is 0 Å². The lowest BCUT2D eigenvalue weighted by molar-refractivity contribution is 0.0786. The molecule has 33 heavy (non-hydrogen) atoms. The van der Waals surface area contributed by atoms with E-state index in [9.17, 15) is 4.79 Å². The number of nitrogens with zero attached hydrogens (tertiary/aromatic N) is 4. The fraction of sp³-hybridized carbons (Fsp3) is 0.269. The van der Waals surface area contributed by atoms with Crippen LogP contribution in [0.3, 0.4) is 0 Å². The molecule has 0 spiro atoms. The van der Waals surface area contributed by atoms with Gasteiger partial charge in [-0.3, -0.25) is 9.48 Å². The van der Waals surface area contributed by atoms with Gasteiger partial charge in [0.05, 0.1) is 23.0 Å². The molecule has 0 radical (unpaired) electrons. The van der Waals surface area contributed by atoms with E-state index in [0.29, 0.717) is 39.4 Å². The second-order valence-corrected chi connectivity index (χ2v) is 9.56. The summed E-state index contributed by atoms with van der Waals surface area (Å²) < 4.78 is 2.11. The maximum Gasteiger partial charge on any atom is 0.254 e. The van der Waals surface area contributed by atoms with E-state index in [1.807, 2.05) is 49.6 Å². The van der Waals surface area contributed by atoms with Gasteiger partial charge in [-0.1, -0.05) is 35.3 Å². The van der Waals surface area contributed by atoms with Gasteiger partial charge in [0.1, 0.15) is 0 Å². The van der Waals surface area contributed by atoms with Crippen molar-refractivity contribution in [1.82, 2.24) is 19.7 Å². The van der Waals surface area contributed by atoms with Gasteiger partial charge in [0.15, 0.2) is 0 Å². The molecule has 2 aromatic heterocycles. The molecule has 1 aliphatic heterocycles. The number of fused-ring (bicyclic) bond motifs is 2. The van der Waals surface area contributed by atoms with Gasteiger partial charge >= 0.3 is 0 Å². The zero-order chi connectivity index (χ0) is 23.1. The fourth-order valence-electron chi connectivity index (χ4n) is 4.60. The predicted octanol–water partition coefficient (Wildman–Crippen LogP) is 6.57. The average molecular weight is 479 g/mol. The number of rotatable bonds is 4. The normalized spacial score (nSPS) is 15.5. The minimum atomic E-state index is -0.0863. The number of carbonyl (C=O) groups excluding carboxylic acids is 1. The first kappa shape index (κ1) is 21.9. The summed E-state index contributed by atoms with van der Waals surface area (Å²) in [6, 6.07) is 15.2. The molecule has 0 fully saturated rings. The molecule has 0 aliphatic carbocycles. The molecule has 0 N–H and O–H groups in total. The van der Waals surface area contributed by atoms with Crippen molar-refractivity contribution in [2.45, 2.75) is 38.8 Å². The van der Waals surface area contributed by atoms with E-state index in [0.717, 1.165) is 35.8 Å². The predicted molar refractivity (Wildman–Crippen MR) is 133 cm³/mol. The van der Waals surface area contributed by atoms with Gasteiger partial charge < -0.3 is 4.90 Å². The Morgan fingerprint density at radius 2 is 1.97 bits per heavy atom. The fourth-order valence-corrected chi connectivity index (χ4v) is 4.96. The zero-order valence-electron chi connectivity index (χ0n) is 18.6. The summed E-state index contributed by atoms with van der Waals surface area (Å²) in [4.78, 5) is 20.2. The van der Waals surface area contributed by atoms with Crippen LogP contribution in [0.2, 0.25) is 10.0 Å². The topological polar surface area (TPSA) is 51.0 Å². The molecule has 5 nitrogen and oxygen atoms in total. The molecular weight excluding hydrogens is 455 g/mol. The van der Waals surface area contributed by atoms with Gasteiger partial charge in [-0.05, 0) is 62.6 Å². The molecule has 1 aliphatic rings. The van der Waals surface area contributed by atoms with Crippen molar-refractivity contribution in [1.29, 1.82) is 0 Å². The molecule has 0 saturated heterocycles. The Labute approximate surface area is 202 Å². The van der Waals surface area contributed by atoms with E-state index in [1.165, 1.54) is 5.69 Å². The lowest BCUT2D eigenvalue weighted by Gasteiger charge is -2.23. The Morgan fingerprint density at radius 3 is 2.79 bits per heavy atom. The average Bonchev–Trinajstić information content (AvgIpc) is 3.22. The molecule has 168 valence electrons. The lowest BCUT2D eigenvalue weighted by atomic mass is 10.0. The Bertz CT molecular complexity index is 1360. The van der Waals surface area contributed by atoms with Gasteiger partial charge in [-0.25, -0.2) is 4.98 Å². The maximum atomic E-state index is 13.7. The minimum Gasteiger partial charge on any atom is -0.337 e. The summed E-state index contributed by atoms with van der Waals surface area (Å²) in [5.74, 6) is -0.0863. The highest BCUT2D eigenvalue weighted by atomic mass is 35.5. The summed E-state index contributed by atoms with van der Waals surface area (Å²) in [6.07, 6.45) is 5.18. The first-order valence-electron chi connectivity index (χ1n) is 11.1. The van der Waals surface area contributed by atoms with Crippen molar-refractivity contribution in [3.63, 3.8) is 0 Å². The highest BCUT2D eigenvalue weighted by molar-refractivity contribution is 6.31. The number of aromatic nitrogens is 3. The SMILES string of the molecule is CC1CCCc2c(CN(C)C(=O)c3cc(-c4cccc(Cl)c4)nc4ccc(Cl)cc34)cnn21. The van der Waals surface area contributed by atoms with Crippen LogP contribution in [0.15, 0.2) is 54.7 Å². The number of hydrogen-bond donors (Lipinski definition) is 0. The lowest BCUT2D eigenvalue weighted by Crippen LogP contribution is -2.27. The summed E-state index contributed by atoms with van der Waals surface area (Å²) >= 11 is 12.5. The number of carbonyl (C=O) groups is 1. The van der Waals surface area contributed by atoms with Crippen molar-refractivity contribution in [3.8, 4) is 11.3 Å². The van der Waals surface area contributed by atoms with Crippen molar-refractivity contribution in [2.24, 2.45) is 0 Å². The number of benzene rings is 2. The molecule has 4 aromatic rings. The molecule has 7 heteroatoms. The molecule has 3 heterocycles. The molecule has 0 saturated carbocycles. The standard InChI is InChI=1S/C26H24Cl2N4O/c1-16-5-3-8-25-18(14-29-32(16)25)15-31(2)26(33)22-13-24(17-6-4-7-19(27)11-17)30-23-10-9-20(28)12-21(22)23/h4,6-7,9-14,16H,3,5,8,15H2,1-2H3. The Balaban J connectivity index is 1.54. The smallest absolute Gasteiger partial charge is 0.254 e. The first-order chi connectivity index (χ1) is 15.9. The van der Waals surface area contributed by atoms with E-state index >= 15 is 0 Å². The van der Waals surface area contributed by atoms with Gasteiger partial charge in [0.25, 0.3) is 5.91 Å². The van der Waals surface area contributed by atoms with Crippen molar-refractivity contribution >= 4 is 40.0 Å². The van der Waals surface area contributed by atoms with Crippen LogP contribution in [-0.4, -0.2) is 32.6 Å². The summed E-state index contributed by atoms with van der Waals surface area (Å²) in [5.41, 5.74) is 5.16. The van der Waals surface area contributed by atoms with Crippen LogP contribution in [0.1, 0.15) is 47.4 Å². The molecule has 1 atom stereocenters. The Hall–Kier alpha value is -2.89. The molecule has 0 bridgehead atoms. The molecule has 2 aromatic carbocycles. The maximum absolute atomic E-state index is 13.7. The highest BCUT2D eigenvalue weighted by Gasteiger charge is 2.23. The van der Waals surface area contributed by atoms with E-state index < -0.39 is 0 Å². The summed E-state index contributed by atoms with van der Waals surface area (Å²) in [5, 5.41) is 6.50. The van der Waals surface area contributed by atoms with Crippen LogP contribution in [0, 0.1) is 0 Å². The quantitative estimate of drug-likeness (QED) is 0.333. The van der Waals surface area contributed by atoms with Crippen molar-refractivity contribution in [3.05, 3.63) is 81.6 Å². The number of amides is 1.